The summed E-state index contributed by atoms with van der Waals surface area (Å²) in [5.74, 6) is 0.925. The Morgan fingerprint density at radius 1 is 0.511 bits per heavy atom. The van der Waals surface area contributed by atoms with E-state index in [1.54, 1.807) is 0 Å². The highest BCUT2D eigenvalue weighted by atomic mass is 15.6. The smallest absolute Gasteiger partial charge is 0.199 e. The maximum absolute atomic E-state index is 5.25. The highest BCUT2D eigenvalue weighted by Gasteiger charge is 2.30. The van der Waals surface area contributed by atoms with Gasteiger partial charge in [-0.05, 0) is 77.4 Å². The summed E-state index contributed by atoms with van der Waals surface area (Å²) in [7, 11) is 0. The monoisotopic (exact) mass is 603 g/mol. The summed E-state index contributed by atoms with van der Waals surface area (Å²) >= 11 is 0. The zero-order chi connectivity index (χ0) is 30.9. The van der Waals surface area contributed by atoms with Crippen LogP contribution in [-0.4, -0.2) is 20.0 Å². The summed E-state index contributed by atoms with van der Waals surface area (Å²) in [5, 5.41) is 6.98. The van der Waals surface area contributed by atoms with E-state index in [1.807, 2.05) is 17.3 Å². The van der Waals surface area contributed by atoms with Crippen molar-refractivity contribution >= 4 is 55.0 Å². The van der Waals surface area contributed by atoms with Gasteiger partial charge in [0.1, 0.15) is 0 Å². The van der Waals surface area contributed by atoms with Gasteiger partial charge in [0.2, 0.25) is 0 Å². The first kappa shape index (κ1) is 26.1. The molecule has 0 radical (unpaired) electrons. The SMILES string of the molecule is C1=CN2NC(n3c4ccccc4c4cc(-c5ccc6c(c5)c5ccccc5n6-c5ccccc5)ccc43)N=C2C(c2ccccc2)=C1. The number of para-hydroxylation sites is 3. The van der Waals surface area contributed by atoms with Crippen LogP contribution in [0.15, 0.2) is 169 Å². The first-order valence-electron chi connectivity index (χ1n) is 16.0. The number of aliphatic imine (C=N–C) groups is 1. The molecule has 0 bridgehead atoms. The minimum absolute atomic E-state index is 0.284. The Morgan fingerprint density at radius 2 is 1.09 bits per heavy atom. The lowest BCUT2D eigenvalue weighted by molar-refractivity contribution is 0.330. The van der Waals surface area contributed by atoms with Gasteiger partial charge in [-0.2, -0.15) is 5.43 Å². The van der Waals surface area contributed by atoms with Gasteiger partial charge in [-0.1, -0.05) is 97.1 Å². The lowest BCUT2D eigenvalue weighted by atomic mass is 10.0. The first-order chi connectivity index (χ1) is 23.3. The number of rotatable bonds is 4. The van der Waals surface area contributed by atoms with E-state index < -0.39 is 0 Å². The van der Waals surface area contributed by atoms with Gasteiger partial charge in [-0.25, -0.2) is 4.99 Å². The molecule has 2 aromatic heterocycles. The number of hydrogen-bond donors (Lipinski definition) is 1. The summed E-state index contributed by atoms with van der Waals surface area (Å²) in [6.45, 7) is 0. The van der Waals surface area contributed by atoms with E-state index in [1.165, 1.54) is 49.4 Å². The van der Waals surface area contributed by atoms with E-state index in [0.717, 1.165) is 28.0 Å². The van der Waals surface area contributed by atoms with Gasteiger partial charge in [0.25, 0.3) is 0 Å². The number of hydrogen-bond acceptors (Lipinski definition) is 3. The first-order valence-corrected chi connectivity index (χ1v) is 16.0. The molecule has 10 rings (SSSR count). The van der Waals surface area contributed by atoms with Crippen LogP contribution in [0.3, 0.4) is 0 Å². The van der Waals surface area contributed by atoms with E-state index in [9.17, 15) is 0 Å². The van der Waals surface area contributed by atoms with Crippen LogP contribution in [0.2, 0.25) is 0 Å². The van der Waals surface area contributed by atoms with Crippen LogP contribution < -0.4 is 5.43 Å². The number of aromatic nitrogens is 2. The Kier molecular flexibility index (Phi) is 5.65. The van der Waals surface area contributed by atoms with Gasteiger partial charge in [-0.3, -0.25) is 5.01 Å². The molecule has 5 nitrogen and oxygen atoms in total. The number of fused-ring (bicyclic) bond motifs is 7. The van der Waals surface area contributed by atoms with Crippen LogP contribution in [-0.2, 0) is 0 Å². The van der Waals surface area contributed by atoms with Gasteiger partial charge in [0, 0.05) is 39.0 Å². The molecule has 1 unspecified atom stereocenters. The van der Waals surface area contributed by atoms with Gasteiger partial charge < -0.3 is 9.13 Å². The number of allylic oxidation sites excluding steroid dienone is 2. The second-order valence-electron chi connectivity index (χ2n) is 12.2. The molecule has 2 aliphatic rings. The summed E-state index contributed by atoms with van der Waals surface area (Å²) in [4.78, 5) is 5.25. The molecule has 222 valence electrons. The average molecular weight is 604 g/mol. The third-order valence-corrected chi connectivity index (χ3v) is 9.53. The van der Waals surface area contributed by atoms with Gasteiger partial charge in [0.15, 0.2) is 12.1 Å². The Bertz CT molecular complexity index is 2600. The van der Waals surface area contributed by atoms with Crippen molar-refractivity contribution in [1.29, 1.82) is 0 Å². The summed E-state index contributed by atoms with van der Waals surface area (Å²) in [6, 6.07) is 52.2. The van der Waals surface area contributed by atoms with Crippen molar-refractivity contribution in [2.45, 2.75) is 6.29 Å². The minimum Gasteiger partial charge on any atom is -0.309 e. The fourth-order valence-electron chi connectivity index (χ4n) is 7.42. The van der Waals surface area contributed by atoms with Crippen LogP contribution in [0.5, 0.6) is 0 Å². The van der Waals surface area contributed by atoms with Gasteiger partial charge >= 0.3 is 0 Å². The Hall–Kier alpha value is -6.17. The molecule has 0 fully saturated rings. The van der Waals surface area contributed by atoms with Crippen molar-refractivity contribution < 1.29 is 0 Å². The quantitative estimate of drug-likeness (QED) is 0.217. The maximum Gasteiger partial charge on any atom is 0.199 e. The van der Waals surface area contributed by atoms with E-state index in [0.29, 0.717) is 0 Å². The zero-order valence-corrected chi connectivity index (χ0v) is 25.5. The summed E-state index contributed by atoms with van der Waals surface area (Å²) in [6.07, 6.45) is 5.97. The van der Waals surface area contributed by atoms with Crippen molar-refractivity contribution in [3.63, 3.8) is 0 Å². The van der Waals surface area contributed by atoms with E-state index >= 15 is 0 Å². The van der Waals surface area contributed by atoms with Crippen LogP contribution >= 0.6 is 0 Å². The molecule has 0 amide bonds. The molecule has 0 spiro atoms. The van der Waals surface area contributed by atoms with Gasteiger partial charge in [-0.15, -0.1) is 0 Å². The third-order valence-electron chi connectivity index (χ3n) is 9.53. The van der Waals surface area contributed by atoms with Crippen molar-refractivity contribution in [2.75, 3.05) is 0 Å². The zero-order valence-electron chi connectivity index (χ0n) is 25.5. The lowest BCUT2D eigenvalue weighted by Gasteiger charge is -2.22. The maximum atomic E-state index is 5.25. The molecule has 1 atom stereocenters. The van der Waals surface area contributed by atoms with Crippen molar-refractivity contribution in [2.24, 2.45) is 4.99 Å². The molecular weight excluding hydrogens is 574 g/mol. The van der Waals surface area contributed by atoms with Crippen molar-refractivity contribution in [3.8, 4) is 16.8 Å². The Morgan fingerprint density at radius 3 is 1.85 bits per heavy atom. The van der Waals surface area contributed by atoms with Crippen LogP contribution in [0.1, 0.15) is 11.9 Å². The fourth-order valence-corrected chi connectivity index (χ4v) is 7.42. The molecule has 2 aliphatic heterocycles. The van der Waals surface area contributed by atoms with Crippen molar-refractivity contribution in [1.82, 2.24) is 19.6 Å². The molecule has 8 aromatic rings. The normalized spacial score (nSPS) is 15.9. The van der Waals surface area contributed by atoms with Crippen LogP contribution in [0, 0.1) is 0 Å². The Labute approximate surface area is 271 Å². The minimum atomic E-state index is -0.284. The molecule has 4 heterocycles. The van der Waals surface area contributed by atoms with Crippen LogP contribution in [0.25, 0.3) is 66.0 Å². The standard InChI is InChI=1S/C42H29N5/c1-3-12-28(13-4-1)32-18-11-25-45-41(32)43-42(44-45)47-38-20-10-8-17-34(38)36-27-30(22-24-40(36)47)29-21-23-39-35(26-29)33-16-7-9-19-37(33)46(39)31-14-5-2-6-15-31/h1-27,42,44H. The molecule has 0 aliphatic carbocycles. The number of hydrazine groups is 1. The number of nitrogens with one attached hydrogen (secondary N) is 1. The third kappa shape index (κ3) is 3.97. The number of amidine groups is 1. The Balaban J connectivity index is 1.11. The topological polar surface area (TPSA) is 37.5 Å². The predicted molar refractivity (Wildman–Crippen MR) is 194 cm³/mol. The lowest BCUT2D eigenvalue weighted by Crippen LogP contribution is -2.36. The van der Waals surface area contributed by atoms with E-state index in [-0.39, 0.29) is 6.29 Å². The molecule has 6 aromatic carbocycles. The predicted octanol–water partition coefficient (Wildman–Crippen LogP) is 9.84. The number of nitrogens with zero attached hydrogens (tertiary/aromatic N) is 4. The largest absolute Gasteiger partial charge is 0.309 e. The molecule has 0 saturated heterocycles. The van der Waals surface area contributed by atoms with Crippen LogP contribution in [0.4, 0.5) is 0 Å². The molecule has 1 N–H and O–H groups in total. The van der Waals surface area contributed by atoms with E-state index in [4.69, 9.17) is 4.99 Å². The molecule has 0 saturated carbocycles. The second-order valence-corrected chi connectivity index (χ2v) is 12.2. The summed E-state index contributed by atoms with van der Waals surface area (Å²) in [5.41, 5.74) is 14.2. The average Bonchev–Trinajstić information content (AvgIpc) is 3.82. The molecule has 5 heteroatoms. The highest BCUT2D eigenvalue weighted by molar-refractivity contribution is 6.24. The van der Waals surface area contributed by atoms with Gasteiger partial charge in [0.05, 0.1) is 22.1 Å². The van der Waals surface area contributed by atoms with Crippen molar-refractivity contribution in [3.05, 3.63) is 170 Å². The van der Waals surface area contributed by atoms with E-state index in [2.05, 4.69) is 166 Å². The summed E-state index contributed by atoms with van der Waals surface area (Å²) < 4.78 is 4.69. The molecular formula is C42H29N5. The number of benzene rings is 6. The highest BCUT2D eigenvalue weighted by Crippen LogP contribution is 2.39. The second kappa shape index (κ2) is 10.2. The fraction of sp³-hybridized carbons (Fsp3) is 0.0238. The molecule has 47 heavy (non-hydrogen) atoms.